The van der Waals surface area contributed by atoms with E-state index in [1.807, 2.05) is 0 Å². The van der Waals surface area contributed by atoms with Crippen LogP contribution in [0.3, 0.4) is 0 Å². The summed E-state index contributed by atoms with van der Waals surface area (Å²) < 4.78 is 42.4. The van der Waals surface area contributed by atoms with E-state index in [1.165, 1.54) is 49.8 Å². The molecule has 0 unspecified atom stereocenters. The Morgan fingerprint density at radius 3 is 1.91 bits per heavy atom. The van der Waals surface area contributed by atoms with Crippen LogP contribution in [0.15, 0.2) is 72.2 Å². The summed E-state index contributed by atoms with van der Waals surface area (Å²) in [5.41, 5.74) is 8.58. The number of benzene rings is 3. The van der Waals surface area contributed by atoms with Crippen molar-refractivity contribution in [3.8, 4) is 32.8 Å². The molecular weight excluding hydrogens is 576 g/mol. The van der Waals surface area contributed by atoms with Gasteiger partial charge in [-0.2, -0.15) is 13.2 Å². The van der Waals surface area contributed by atoms with Crippen LogP contribution < -0.4 is 9.75 Å². The van der Waals surface area contributed by atoms with Gasteiger partial charge in [0.1, 0.15) is 7.05 Å². The van der Waals surface area contributed by atoms with E-state index in [-0.39, 0.29) is 11.8 Å². The number of alkyl halides is 3. The maximum Gasteiger partial charge on any atom is 0.417 e. The van der Waals surface area contributed by atoms with Gasteiger partial charge < -0.3 is 0 Å². The second-order valence-electron chi connectivity index (χ2n) is 13.3. The lowest BCUT2D eigenvalue weighted by atomic mass is 9.83. The van der Waals surface area contributed by atoms with Crippen LogP contribution in [0.25, 0.3) is 43.6 Å². The fourth-order valence-electron chi connectivity index (χ4n) is 6.15. The number of aromatic nitrogens is 1. The van der Waals surface area contributed by atoms with Gasteiger partial charge in [-0.1, -0.05) is 76.8 Å². The van der Waals surface area contributed by atoms with Gasteiger partial charge in [-0.25, -0.2) is 4.57 Å². The Hall–Kier alpha value is -3.22. The second kappa shape index (κ2) is 11.4. The molecule has 0 aliphatic rings. The van der Waals surface area contributed by atoms with E-state index in [1.54, 1.807) is 0 Å². The Morgan fingerprint density at radius 2 is 1.40 bits per heavy atom. The Bertz CT molecular complexity index is 1790. The zero-order chi connectivity index (χ0) is 31.4. The van der Waals surface area contributed by atoms with Crippen molar-refractivity contribution in [2.45, 2.75) is 72.3 Å². The number of rotatable bonds is 6. The molecule has 224 valence electrons. The van der Waals surface area contributed by atoms with Crippen molar-refractivity contribution in [3.05, 3.63) is 94.5 Å². The van der Waals surface area contributed by atoms with Crippen LogP contribution in [0, 0.1) is 6.92 Å². The predicted octanol–water partition coefficient (Wildman–Crippen LogP) is 10.8. The van der Waals surface area contributed by atoms with Crippen molar-refractivity contribution in [3.63, 3.8) is 0 Å². The summed E-state index contributed by atoms with van der Waals surface area (Å²) in [5.74, 6) is 0.392. The van der Waals surface area contributed by atoms with E-state index in [4.69, 9.17) is 0 Å². The lowest BCUT2D eigenvalue weighted by molar-refractivity contribution is -0.659. The fourth-order valence-corrected chi connectivity index (χ4v) is 8.66. The minimum Gasteiger partial charge on any atom is -0.200 e. The van der Waals surface area contributed by atoms with Crippen LogP contribution >= 0.6 is 11.3 Å². The molecule has 0 radical (unpaired) electrons. The molecule has 0 atom stereocenters. The van der Waals surface area contributed by atoms with Gasteiger partial charge in [-0.15, -0.1) is 11.3 Å². The van der Waals surface area contributed by atoms with Crippen molar-refractivity contribution in [1.29, 1.82) is 0 Å². The highest BCUT2D eigenvalue weighted by molar-refractivity contribution is 7.13. The number of thiophene rings is 1. The first-order valence-electron chi connectivity index (χ1n) is 14.9. The first-order chi connectivity index (χ1) is 20.1. The number of aryl methyl sites for hydroxylation is 2. The fraction of sp³-hybridized carbons (Fsp3) is 0.324. The lowest BCUT2D eigenvalue weighted by Crippen LogP contribution is -2.39. The smallest absolute Gasteiger partial charge is 0.200 e. The Balaban J connectivity index is 1.68. The van der Waals surface area contributed by atoms with Crippen molar-refractivity contribution < 1.29 is 17.7 Å². The third kappa shape index (κ3) is 5.96. The van der Waals surface area contributed by atoms with Crippen LogP contribution in [0.5, 0.6) is 0 Å². The highest BCUT2D eigenvalue weighted by Crippen LogP contribution is 2.43. The maximum atomic E-state index is 13.4. The summed E-state index contributed by atoms with van der Waals surface area (Å²) in [4.78, 5) is 0.647. The second-order valence-corrected chi connectivity index (χ2v) is 19.3. The molecule has 0 amide bonds. The summed E-state index contributed by atoms with van der Waals surface area (Å²) in [6.45, 7) is 18.1. The van der Waals surface area contributed by atoms with E-state index in [0.717, 1.165) is 33.6 Å². The normalized spacial score (nSPS) is 12.6. The Kier molecular flexibility index (Phi) is 8.25. The van der Waals surface area contributed by atoms with Gasteiger partial charge in [-0.3, -0.25) is 0 Å². The molecule has 1 nitrogen and oxygen atoms in total. The number of nitrogens with zero attached hydrogens (tertiary/aromatic N) is 1. The van der Waals surface area contributed by atoms with E-state index in [0.29, 0.717) is 4.88 Å². The van der Waals surface area contributed by atoms with E-state index >= 15 is 0 Å². The molecule has 0 saturated heterocycles. The first-order valence-corrected chi connectivity index (χ1v) is 19.3. The molecule has 43 heavy (non-hydrogen) atoms. The number of halogens is 3. The molecule has 3 aromatic carbocycles. The molecule has 0 N–H and O–H groups in total. The molecule has 0 fully saturated rings. The number of fused-ring (bicyclic) bond motifs is 1. The zero-order valence-electron chi connectivity index (χ0n) is 26.6. The molecule has 5 aromatic rings. The molecular formula is C37H41F3NSSi+. The van der Waals surface area contributed by atoms with Crippen molar-refractivity contribution in [2.24, 2.45) is 7.05 Å². The topological polar surface area (TPSA) is 3.88 Å². The third-order valence-corrected chi connectivity index (χ3v) is 11.5. The van der Waals surface area contributed by atoms with Gasteiger partial charge >= 0.3 is 6.18 Å². The van der Waals surface area contributed by atoms with Crippen LogP contribution in [0.4, 0.5) is 13.2 Å². The van der Waals surface area contributed by atoms with Crippen LogP contribution in [-0.2, 0) is 13.2 Å². The molecule has 0 saturated carbocycles. The summed E-state index contributed by atoms with van der Waals surface area (Å²) in [5, 5.41) is 5.35. The molecule has 0 spiro atoms. The summed E-state index contributed by atoms with van der Waals surface area (Å²) in [7, 11) is 0.496. The molecule has 6 heteroatoms. The van der Waals surface area contributed by atoms with Gasteiger partial charge in [-0.05, 0) is 87.7 Å². The number of hydrogen-bond acceptors (Lipinski definition) is 1. The predicted molar refractivity (Wildman–Crippen MR) is 180 cm³/mol. The highest BCUT2D eigenvalue weighted by atomic mass is 32.1. The summed E-state index contributed by atoms with van der Waals surface area (Å²) >= 11 is 1.16. The number of pyridine rings is 1. The van der Waals surface area contributed by atoms with Gasteiger partial charge in [0, 0.05) is 27.5 Å². The summed E-state index contributed by atoms with van der Waals surface area (Å²) in [6, 6.07) is 21.1. The average molecular weight is 617 g/mol. The van der Waals surface area contributed by atoms with Gasteiger partial charge in [0.05, 0.1) is 13.6 Å². The number of hydrogen-bond donors (Lipinski definition) is 0. The molecule has 0 aliphatic heterocycles. The zero-order valence-corrected chi connectivity index (χ0v) is 28.4. The standard InChI is InChI=1S/C37H41F3NSSi/c1-22(2)30-16-26(34-18-27(21-42-34)37(38,39)40)17-31(23(3)4)36(30)25-14-15-33(41(6)20-25)32-19-35(43(7,8)9)29-13-11-10-12-28(29)24(32)5/h10-23H,1-9H3/q+1. The summed E-state index contributed by atoms with van der Waals surface area (Å²) in [6.07, 6.45) is -2.12. The molecule has 0 bridgehead atoms. The molecule has 0 aliphatic carbocycles. The van der Waals surface area contributed by atoms with E-state index in [2.05, 4.69) is 127 Å². The monoisotopic (exact) mass is 616 g/mol. The van der Waals surface area contributed by atoms with Crippen molar-refractivity contribution >= 4 is 35.4 Å². The van der Waals surface area contributed by atoms with Crippen LogP contribution in [0.2, 0.25) is 19.6 Å². The van der Waals surface area contributed by atoms with Gasteiger partial charge in [0.25, 0.3) is 0 Å². The van der Waals surface area contributed by atoms with Crippen molar-refractivity contribution in [2.75, 3.05) is 0 Å². The first kappa shape index (κ1) is 31.2. The lowest BCUT2D eigenvalue weighted by Gasteiger charge is -2.23. The SMILES string of the molecule is Cc1c(-c2ccc(-c3c(C(C)C)cc(-c4cc(C(F)(F)F)cs4)cc3C(C)C)c[n+]2C)cc([Si](C)(C)C)c2ccccc12. The van der Waals surface area contributed by atoms with Gasteiger partial charge in [0.15, 0.2) is 6.20 Å². The molecule has 2 heterocycles. The molecule has 2 aromatic heterocycles. The molecule has 5 rings (SSSR count). The van der Waals surface area contributed by atoms with Crippen LogP contribution in [0.1, 0.15) is 61.8 Å². The largest absolute Gasteiger partial charge is 0.417 e. The Morgan fingerprint density at radius 1 is 0.791 bits per heavy atom. The minimum atomic E-state index is -4.34. The Labute approximate surface area is 259 Å². The van der Waals surface area contributed by atoms with Crippen LogP contribution in [-0.4, -0.2) is 8.07 Å². The minimum absolute atomic E-state index is 0.196. The maximum absolute atomic E-state index is 13.4. The van der Waals surface area contributed by atoms with E-state index in [9.17, 15) is 13.2 Å². The average Bonchev–Trinajstić information content (AvgIpc) is 3.43. The van der Waals surface area contributed by atoms with Gasteiger partial charge in [0.2, 0.25) is 5.69 Å². The quantitative estimate of drug-likeness (QED) is 0.132. The highest BCUT2D eigenvalue weighted by Gasteiger charge is 2.32. The van der Waals surface area contributed by atoms with E-state index < -0.39 is 19.8 Å². The third-order valence-electron chi connectivity index (χ3n) is 8.47. The van der Waals surface area contributed by atoms with Crippen molar-refractivity contribution in [1.82, 2.24) is 0 Å².